The summed E-state index contributed by atoms with van der Waals surface area (Å²) in [5, 5.41) is 0. The monoisotopic (exact) mass is 193 g/mol. The SMILES string of the molecule is CC(C)CN1C(=O)c2cocc2C1=O. The highest BCUT2D eigenvalue weighted by atomic mass is 16.3. The highest BCUT2D eigenvalue weighted by Crippen LogP contribution is 2.24. The molecule has 2 heterocycles. The van der Waals surface area contributed by atoms with E-state index in [1.54, 1.807) is 0 Å². The molecule has 2 rings (SSSR count). The summed E-state index contributed by atoms with van der Waals surface area (Å²) in [7, 11) is 0. The first-order valence-corrected chi connectivity index (χ1v) is 4.53. The minimum atomic E-state index is -0.243. The number of nitrogens with zero attached hydrogens (tertiary/aromatic N) is 1. The number of carbonyl (C=O) groups excluding carboxylic acids is 2. The van der Waals surface area contributed by atoms with Crippen molar-refractivity contribution >= 4 is 11.8 Å². The van der Waals surface area contributed by atoms with Crippen LogP contribution >= 0.6 is 0 Å². The van der Waals surface area contributed by atoms with Crippen molar-refractivity contribution in [2.24, 2.45) is 5.92 Å². The topological polar surface area (TPSA) is 50.5 Å². The number of fused-ring (bicyclic) bond motifs is 1. The van der Waals surface area contributed by atoms with Crippen molar-refractivity contribution in [2.45, 2.75) is 13.8 Å². The zero-order valence-electron chi connectivity index (χ0n) is 8.11. The average molecular weight is 193 g/mol. The summed E-state index contributed by atoms with van der Waals surface area (Å²) in [6.45, 7) is 4.40. The van der Waals surface area contributed by atoms with E-state index in [0.29, 0.717) is 17.7 Å². The summed E-state index contributed by atoms with van der Waals surface area (Å²) in [4.78, 5) is 24.6. The molecule has 74 valence electrons. The fourth-order valence-corrected chi connectivity index (χ4v) is 1.54. The van der Waals surface area contributed by atoms with Gasteiger partial charge in [0.2, 0.25) is 0 Å². The molecule has 0 saturated heterocycles. The van der Waals surface area contributed by atoms with Gasteiger partial charge in [-0.3, -0.25) is 14.5 Å². The fourth-order valence-electron chi connectivity index (χ4n) is 1.54. The lowest BCUT2D eigenvalue weighted by Gasteiger charge is -2.15. The standard InChI is InChI=1S/C10H11NO3/c1-6(2)3-11-9(12)7-4-14-5-8(7)10(11)13/h4-6H,3H2,1-2H3. The number of furan rings is 1. The van der Waals surface area contributed by atoms with Crippen LogP contribution in [-0.2, 0) is 0 Å². The summed E-state index contributed by atoms with van der Waals surface area (Å²) in [5.41, 5.74) is 0.770. The lowest BCUT2D eigenvalue weighted by molar-refractivity contribution is 0.0633. The lowest BCUT2D eigenvalue weighted by atomic mass is 10.2. The van der Waals surface area contributed by atoms with Gasteiger partial charge in [-0.1, -0.05) is 13.8 Å². The Balaban J connectivity index is 2.31. The van der Waals surface area contributed by atoms with Crippen LogP contribution in [0.2, 0.25) is 0 Å². The molecule has 4 nitrogen and oxygen atoms in total. The van der Waals surface area contributed by atoms with Crippen molar-refractivity contribution in [3.63, 3.8) is 0 Å². The molecule has 1 aromatic heterocycles. The molecule has 0 radical (unpaired) electrons. The van der Waals surface area contributed by atoms with Gasteiger partial charge in [0, 0.05) is 6.54 Å². The van der Waals surface area contributed by atoms with Gasteiger partial charge in [-0.05, 0) is 5.92 Å². The van der Waals surface area contributed by atoms with E-state index in [4.69, 9.17) is 4.42 Å². The average Bonchev–Trinajstić information content (AvgIpc) is 2.65. The molecule has 0 fully saturated rings. The van der Waals surface area contributed by atoms with E-state index in [9.17, 15) is 9.59 Å². The van der Waals surface area contributed by atoms with Crippen LogP contribution < -0.4 is 0 Å². The molecule has 0 atom stereocenters. The second kappa shape index (κ2) is 2.97. The molecular weight excluding hydrogens is 182 g/mol. The first-order chi connectivity index (χ1) is 6.61. The van der Waals surface area contributed by atoms with Gasteiger partial charge in [-0.2, -0.15) is 0 Å². The zero-order chi connectivity index (χ0) is 10.3. The van der Waals surface area contributed by atoms with Crippen LogP contribution in [0.1, 0.15) is 34.6 Å². The third-order valence-corrected chi connectivity index (χ3v) is 2.16. The van der Waals surface area contributed by atoms with Crippen LogP contribution in [0.5, 0.6) is 0 Å². The van der Waals surface area contributed by atoms with Crippen molar-refractivity contribution < 1.29 is 14.0 Å². The van der Waals surface area contributed by atoms with Gasteiger partial charge in [-0.15, -0.1) is 0 Å². The summed E-state index contributed by atoms with van der Waals surface area (Å²) < 4.78 is 4.81. The van der Waals surface area contributed by atoms with E-state index in [-0.39, 0.29) is 17.7 Å². The van der Waals surface area contributed by atoms with E-state index in [0.717, 1.165) is 0 Å². The highest BCUT2D eigenvalue weighted by Gasteiger charge is 2.37. The van der Waals surface area contributed by atoms with Gasteiger partial charge >= 0.3 is 0 Å². The first-order valence-electron chi connectivity index (χ1n) is 4.53. The molecule has 1 aliphatic heterocycles. The molecule has 1 aliphatic rings. The first kappa shape index (κ1) is 8.99. The molecule has 14 heavy (non-hydrogen) atoms. The third kappa shape index (κ3) is 1.14. The van der Waals surface area contributed by atoms with Crippen molar-refractivity contribution in [1.29, 1.82) is 0 Å². The summed E-state index contributed by atoms with van der Waals surface area (Å²) >= 11 is 0. The lowest BCUT2D eigenvalue weighted by Crippen LogP contribution is -2.33. The van der Waals surface area contributed by atoms with Crippen molar-refractivity contribution in [1.82, 2.24) is 4.90 Å². The maximum absolute atomic E-state index is 11.6. The zero-order valence-corrected chi connectivity index (χ0v) is 8.11. The Morgan fingerprint density at radius 1 is 1.21 bits per heavy atom. The predicted molar refractivity (Wildman–Crippen MR) is 48.9 cm³/mol. The Kier molecular flexibility index (Phi) is 1.91. The Bertz CT molecular complexity index is 361. The number of amides is 2. The predicted octanol–water partition coefficient (Wildman–Crippen LogP) is 1.53. The van der Waals surface area contributed by atoms with E-state index in [1.165, 1.54) is 17.4 Å². The smallest absolute Gasteiger partial charge is 0.264 e. The van der Waals surface area contributed by atoms with Gasteiger partial charge in [-0.25, -0.2) is 0 Å². The minimum absolute atomic E-state index is 0.243. The molecule has 0 unspecified atom stereocenters. The molecule has 0 bridgehead atoms. The van der Waals surface area contributed by atoms with Gasteiger partial charge in [0.1, 0.15) is 12.5 Å². The minimum Gasteiger partial charge on any atom is -0.471 e. The molecule has 0 aliphatic carbocycles. The van der Waals surface area contributed by atoms with Crippen LogP contribution in [-0.4, -0.2) is 23.3 Å². The summed E-state index contributed by atoms with van der Waals surface area (Å²) in [6, 6.07) is 0. The second-order valence-corrected chi connectivity index (χ2v) is 3.81. The van der Waals surface area contributed by atoms with E-state index in [1.807, 2.05) is 13.8 Å². The Labute approximate surface area is 81.5 Å². The van der Waals surface area contributed by atoms with Crippen LogP contribution in [0.25, 0.3) is 0 Å². The molecule has 0 N–H and O–H groups in total. The number of hydrogen-bond donors (Lipinski definition) is 0. The fraction of sp³-hybridized carbons (Fsp3) is 0.400. The largest absolute Gasteiger partial charge is 0.471 e. The van der Waals surface area contributed by atoms with E-state index in [2.05, 4.69) is 0 Å². The second-order valence-electron chi connectivity index (χ2n) is 3.81. The number of rotatable bonds is 2. The van der Waals surface area contributed by atoms with E-state index < -0.39 is 0 Å². The molecular formula is C10H11NO3. The Morgan fingerprint density at radius 3 is 2.14 bits per heavy atom. The molecule has 0 aromatic carbocycles. The van der Waals surface area contributed by atoms with Gasteiger partial charge in [0.05, 0.1) is 11.1 Å². The third-order valence-electron chi connectivity index (χ3n) is 2.16. The summed E-state index contributed by atoms with van der Waals surface area (Å²) in [6.07, 6.45) is 2.66. The Morgan fingerprint density at radius 2 is 1.71 bits per heavy atom. The van der Waals surface area contributed by atoms with Crippen molar-refractivity contribution in [3.8, 4) is 0 Å². The van der Waals surface area contributed by atoms with Gasteiger partial charge in [0.25, 0.3) is 11.8 Å². The molecule has 0 spiro atoms. The van der Waals surface area contributed by atoms with Crippen molar-refractivity contribution in [3.05, 3.63) is 23.7 Å². The van der Waals surface area contributed by atoms with Gasteiger partial charge in [0.15, 0.2) is 0 Å². The molecule has 2 amide bonds. The molecule has 4 heteroatoms. The molecule has 0 saturated carbocycles. The van der Waals surface area contributed by atoms with Crippen LogP contribution in [0.3, 0.4) is 0 Å². The summed E-state index contributed by atoms with van der Waals surface area (Å²) in [5.74, 6) is -0.205. The van der Waals surface area contributed by atoms with Crippen LogP contribution in [0.4, 0.5) is 0 Å². The van der Waals surface area contributed by atoms with Crippen molar-refractivity contribution in [2.75, 3.05) is 6.54 Å². The van der Waals surface area contributed by atoms with E-state index >= 15 is 0 Å². The maximum atomic E-state index is 11.6. The number of imide groups is 1. The Hall–Kier alpha value is -1.58. The van der Waals surface area contributed by atoms with Gasteiger partial charge < -0.3 is 4.42 Å². The quantitative estimate of drug-likeness (QED) is 0.669. The maximum Gasteiger partial charge on any atom is 0.264 e. The molecule has 1 aromatic rings. The normalized spacial score (nSPS) is 15.5. The number of carbonyl (C=O) groups is 2. The van der Waals surface area contributed by atoms with Crippen LogP contribution in [0, 0.1) is 5.92 Å². The number of hydrogen-bond acceptors (Lipinski definition) is 3. The highest BCUT2D eigenvalue weighted by molar-refractivity contribution is 6.21. The van der Waals surface area contributed by atoms with Crippen LogP contribution in [0.15, 0.2) is 16.9 Å².